The Kier molecular flexibility index (Phi) is 4.44. The van der Waals surface area contributed by atoms with Gasteiger partial charge in [-0.1, -0.05) is 18.2 Å². The summed E-state index contributed by atoms with van der Waals surface area (Å²) in [5.41, 5.74) is 8.30. The number of para-hydroxylation sites is 1. The van der Waals surface area contributed by atoms with E-state index in [1.54, 1.807) is 0 Å². The lowest BCUT2D eigenvalue weighted by molar-refractivity contribution is -0.120. The van der Waals surface area contributed by atoms with Crippen LogP contribution in [0.2, 0.25) is 0 Å². The molecule has 0 aromatic heterocycles. The van der Waals surface area contributed by atoms with Crippen molar-refractivity contribution in [2.45, 2.75) is 50.6 Å². The Morgan fingerprint density at radius 1 is 1.33 bits per heavy atom. The van der Waals surface area contributed by atoms with Gasteiger partial charge in [0.05, 0.1) is 6.04 Å². The van der Waals surface area contributed by atoms with Gasteiger partial charge in [-0.05, 0) is 50.2 Å². The van der Waals surface area contributed by atoms with Gasteiger partial charge in [0.25, 0.3) is 0 Å². The van der Waals surface area contributed by atoms with E-state index in [0.717, 1.165) is 25.9 Å². The highest BCUT2D eigenvalue weighted by molar-refractivity contribution is 5.80. The SMILES string of the molecule is NC(=O)C(CCN1CCCCc2ccccc21)NC1CC1. The molecule has 1 aliphatic carbocycles. The molecule has 1 amide bonds. The third-order valence-corrected chi connectivity index (χ3v) is 4.50. The van der Waals surface area contributed by atoms with Crippen molar-refractivity contribution in [1.82, 2.24) is 5.32 Å². The average molecular weight is 287 g/mol. The molecule has 3 rings (SSSR count). The predicted molar refractivity (Wildman–Crippen MR) is 85.4 cm³/mol. The molecule has 4 nitrogen and oxygen atoms in total. The van der Waals surface area contributed by atoms with E-state index < -0.39 is 0 Å². The molecule has 3 N–H and O–H groups in total. The topological polar surface area (TPSA) is 58.4 Å². The number of rotatable bonds is 6. The van der Waals surface area contributed by atoms with Gasteiger partial charge in [0.2, 0.25) is 5.91 Å². The second kappa shape index (κ2) is 6.48. The number of nitrogens with zero attached hydrogens (tertiary/aromatic N) is 1. The van der Waals surface area contributed by atoms with Gasteiger partial charge in [0.1, 0.15) is 0 Å². The first-order valence-corrected chi connectivity index (χ1v) is 8.12. The Morgan fingerprint density at radius 3 is 2.90 bits per heavy atom. The quantitative estimate of drug-likeness (QED) is 0.839. The van der Waals surface area contributed by atoms with Crippen molar-refractivity contribution in [3.05, 3.63) is 29.8 Å². The molecule has 0 bridgehead atoms. The molecule has 1 fully saturated rings. The minimum atomic E-state index is -0.218. The molecular formula is C17H25N3O. The van der Waals surface area contributed by atoms with E-state index >= 15 is 0 Å². The lowest BCUT2D eigenvalue weighted by Gasteiger charge is -2.27. The van der Waals surface area contributed by atoms with E-state index in [1.807, 2.05) is 0 Å². The first-order chi connectivity index (χ1) is 10.2. The van der Waals surface area contributed by atoms with Gasteiger partial charge in [-0.3, -0.25) is 4.79 Å². The van der Waals surface area contributed by atoms with Gasteiger partial charge < -0.3 is 16.0 Å². The number of nitrogens with two attached hydrogens (primary N) is 1. The van der Waals surface area contributed by atoms with Crippen molar-refractivity contribution >= 4 is 11.6 Å². The molecule has 1 atom stereocenters. The number of hydrogen-bond acceptors (Lipinski definition) is 3. The minimum absolute atomic E-state index is 0.187. The summed E-state index contributed by atoms with van der Waals surface area (Å²) in [6.45, 7) is 1.97. The minimum Gasteiger partial charge on any atom is -0.371 e. The van der Waals surface area contributed by atoms with E-state index in [2.05, 4.69) is 34.5 Å². The van der Waals surface area contributed by atoms with Crippen molar-refractivity contribution in [1.29, 1.82) is 0 Å². The van der Waals surface area contributed by atoms with Crippen molar-refractivity contribution in [3.63, 3.8) is 0 Å². The van der Waals surface area contributed by atoms with Gasteiger partial charge in [-0.15, -0.1) is 0 Å². The maximum absolute atomic E-state index is 11.6. The lowest BCUT2D eigenvalue weighted by Crippen LogP contribution is -2.44. The zero-order valence-electron chi connectivity index (χ0n) is 12.6. The molecule has 0 radical (unpaired) electrons. The highest BCUT2D eigenvalue weighted by atomic mass is 16.1. The Morgan fingerprint density at radius 2 is 2.14 bits per heavy atom. The Hall–Kier alpha value is -1.55. The van der Waals surface area contributed by atoms with Crippen LogP contribution in [0.15, 0.2) is 24.3 Å². The maximum atomic E-state index is 11.6. The third-order valence-electron chi connectivity index (χ3n) is 4.50. The summed E-state index contributed by atoms with van der Waals surface area (Å²) >= 11 is 0. The van der Waals surface area contributed by atoms with Gasteiger partial charge in [-0.25, -0.2) is 0 Å². The van der Waals surface area contributed by atoms with E-state index in [1.165, 1.54) is 36.9 Å². The standard InChI is InChI=1S/C17H25N3O/c18-17(21)15(19-14-8-9-14)10-12-20-11-4-3-6-13-5-1-2-7-16(13)20/h1-2,5,7,14-15,19H,3-4,6,8-12H2,(H2,18,21). The summed E-state index contributed by atoms with van der Waals surface area (Å²) in [4.78, 5) is 14.0. The maximum Gasteiger partial charge on any atom is 0.234 e. The smallest absolute Gasteiger partial charge is 0.234 e. The summed E-state index contributed by atoms with van der Waals surface area (Å²) in [6.07, 6.45) is 6.76. The van der Waals surface area contributed by atoms with Crippen LogP contribution in [-0.4, -0.2) is 31.1 Å². The van der Waals surface area contributed by atoms with E-state index in [9.17, 15) is 4.79 Å². The molecule has 2 aliphatic rings. The van der Waals surface area contributed by atoms with Crippen LogP contribution in [0.25, 0.3) is 0 Å². The molecule has 0 spiro atoms. The largest absolute Gasteiger partial charge is 0.371 e. The summed E-state index contributed by atoms with van der Waals surface area (Å²) in [6, 6.07) is 8.97. The van der Waals surface area contributed by atoms with Crippen molar-refractivity contribution in [2.75, 3.05) is 18.0 Å². The molecule has 21 heavy (non-hydrogen) atoms. The number of amides is 1. The fourth-order valence-electron chi connectivity index (χ4n) is 3.13. The molecule has 114 valence electrons. The monoisotopic (exact) mass is 287 g/mol. The van der Waals surface area contributed by atoms with Crippen LogP contribution in [0.1, 0.15) is 37.7 Å². The molecule has 1 unspecified atom stereocenters. The molecule has 4 heteroatoms. The van der Waals surface area contributed by atoms with E-state index in [0.29, 0.717) is 6.04 Å². The van der Waals surface area contributed by atoms with E-state index in [4.69, 9.17) is 5.73 Å². The summed E-state index contributed by atoms with van der Waals surface area (Å²) < 4.78 is 0. The van der Waals surface area contributed by atoms with Crippen LogP contribution in [0.4, 0.5) is 5.69 Å². The predicted octanol–water partition coefficient (Wildman–Crippen LogP) is 1.83. The van der Waals surface area contributed by atoms with Crippen LogP contribution < -0.4 is 16.0 Å². The van der Waals surface area contributed by atoms with Gasteiger partial charge in [0.15, 0.2) is 0 Å². The summed E-state index contributed by atoms with van der Waals surface area (Å²) in [5.74, 6) is -0.218. The van der Waals surface area contributed by atoms with Crippen molar-refractivity contribution < 1.29 is 4.79 Å². The number of anilines is 1. The Labute approximate surface area is 126 Å². The van der Waals surface area contributed by atoms with E-state index in [-0.39, 0.29) is 11.9 Å². The zero-order valence-corrected chi connectivity index (χ0v) is 12.6. The number of fused-ring (bicyclic) bond motifs is 1. The fourth-order valence-corrected chi connectivity index (χ4v) is 3.13. The van der Waals surface area contributed by atoms with Gasteiger partial charge >= 0.3 is 0 Å². The number of primary amides is 1. The van der Waals surface area contributed by atoms with Crippen LogP contribution in [-0.2, 0) is 11.2 Å². The van der Waals surface area contributed by atoms with Crippen LogP contribution in [0.5, 0.6) is 0 Å². The normalized spacial score (nSPS) is 19.7. The number of hydrogen-bond donors (Lipinski definition) is 2. The van der Waals surface area contributed by atoms with Crippen LogP contribution >= 0.6 is 0 Å². The molecule has 1 heterocycles. The Bertz CT molecular complexity index is 499. The van der Waals surface area contributed by atoms with Crippen molar-refractivity contribution in [3.8, 4) is 0 Å². The van der Waals surface area contributed by atoms with Gasteiger partial charge in [-0.2, -0.15) is 0 Å². The lowest BCUT2D eigenvalue weighted by atomic mass is 10.1. The highest BCUT2D eigenvalue weighted by Gasteiger charge is 2.27. The number of nitrogens with one attached hydrogen (secondary N) is 1. The molecule has 1 aliphatic heterocycles. The zero-order chi connectivity index (χ0) is 14.7. The highest BCUT2D eigenvalue weighted by Crippen LogP contribution is 2.26. The molecule has 1 saturated carbocycles. The van der Waals surface area contributed by atoms with Crippen LogP contribution in [0.3, 0.4) is 0 Å². The third kappa shape index (κ3) is 3.76. The molecular weight excluding hydrogens is 262 g/mol. The first kappa shape index (κ1) is 14.4. The summed E-state index contributed by atoms with van der Waals surface area (Å²) in [5, 5.41) is 3.37. The van der Waals surface area contributed by atoms with Crippen LogP contribution in [0, 0.1) is 0 Å². The molecule has 1 aromatic carbocycles. The first-order valence-electron chi connectivity index (χ1n) is 8.12. The number of aryl methyl sites for hydroxylation is 1. The summed E-state index contributed by atoms with van der Waals surface area (Å²) in [7, 11) is 0. The van der Waals surface area contributed by atoms with Gasteiger partial charge in [0, 0.05) is 24.8 Å². The van der Waals surface area contributed by atoms with Crippen molar-refractivity contribution in [2.24, 2.45) is 5.73 Å². The average Bonchev–Trinajstić information content (AvgIpc) is 3.30. The molecule has 0 saturated heterocycles. The molecule has 1 aromatic rings. The second-order valence-electron chi connectivity index (χ2n) is 6.26. The number of benzene rings is 1. The Balaban J connectivity index is 1.64. The number of carbonyl (C=O) groups excluding carboxylic acids is 1. The fraction of sp³-hybridized carbons (Fsp3) is 0.588. The number of carbonyl (C=O) groups is 1. The second-order valence-corrected chi connectivity index (χ2v) is 6.26.